The Kier molecular flexibility index (Phi) is 9.19. The van der Waals surface area contributed by atoms with Gasteiger partial charge >= 0.3 is 12.1 Å². The van der Waals surface area contributed by atoms with Gasteiger partial charge in [0.05, 0.1) is 0 Å². The lowest BCUT2D eigenvalue weighted by molar-refractivity contribution is -0.147. The molecule has 0 unspecified atom stereocenters. The number of rotatable bonds is 8. The molecule has 0 spiro atoms. The largest absolute Gasteiger partial charge is 0.459 e. The van der Waals surface area contributed by atoms with Crippen LogP contribution in [-0.2, 0) is 25.7 Å². The number of ether oxygens (including phenoxy) is 2. The van der Waals surface area contributed by atoms with E-state index >= 15 is 0 Å². The third kappa shape index (κ3) is 10.1. The molecule has 0 fully saturated rings. The third-order valence-electron chi connectivity index (χ3n) is 3.14. The Morgan fingerprint density at radius 1 is 1.15 bits per heavy atom. The van der Waals surface area contributed by atoms with Crippen molar-refractivity contribution in [1.29, 1.82) is 0 Å². The highest BCUT2D eigenvalue weighted by atomic mass is 32.2. The fourth-order valence-electron chi connectivity index (χ4n) is 2.03. The number of nitrogens with one attached hydrogen (secondary N) is 1. The van der Waals surface area contributed by atoms with Crippen molar-refractivity contribution in [3.63, 3.8) is 0 Å². The van der Waals surface area contributed by atoms with Gasteiger partial charge in [-0.15, -0.1) is 0 Å². The van der Waals surface area contributed by atoms with Crippen LogP contribution in [0.5, 0.6) is 0 Å². The minimum atomic E-state index is -0.818. The molecule has 1 N–H and O–H groups in total. The van der Waals surface area contributed by atoms with E-state index in [1.165, 1.54) is 18.7 Å². The third-order valence-corrected chi connectivity index (χ3v) is 4.04. The Balaban J connectivity index is 2.60. The van der Waals surface area contributed by atoms with E-state index in [0.717, 1.165) is 5.56 Å². The summed E-state index contributed by atoms with van der Waals surface area (Å²) in [4.78, 5) is 35.4. The number of carbonyl (C=O) groups is 3. The number of alkyl carbamates (subject to hydrolysis) is 1. The molecule has 0 saturated heterocycles. The fraction of sp³-hybridized carbons (Fsp3) is 0.526. The first-order valence-electron chi connectivity index (χ1n) is 8.51. The van der Waals surface area contributed by atoms with Crippen LogP contribution in [0, 0.1) is 0 Å². The number of thioether (sulfide) groups is 1. The Morgan fingerprint density at radius 3 is 2.38 bits per heavy atom. The summed E-state index contributed by atoms with van der Waals surface area (Å²) in [5, 5.41) is 2.59. The van der Waals surface area contributed by atoms with Crippen LogP contribution in [0.15, 0.2) is 30.3 Å². The zero-order valence-electron chi connectivity index (χ0n) is 15.7. The number of esters is 1. The van der Waals surface area contributed by atoms with Crippen molar-refractivity contribution in [2.75, 3.05) is 5.75 Å². The molecule has 0 saturated carbocycles. The van der Waals surface area contributed by atoms with Gasteiger partial charge in [-0.05, 0) is 39.2 Å². The molecule has 1 aromatic rings. The molecule has 7 heteroatoms. The van der Waals surface area contributed by atoms with Crippen LogP contribution >= 0.6 is 11.8 Å². The van der Waals surface area contributed by atoms with Crippen molar-refractivity contribution < 1.29 is 23.9 Å². The van der Waals surface area contributed by atoms with Crippen LogP contribution < -0.4 is 5.32 Å². The van der Waals surface area contributed by atoms with Crippen molar-refractivity contribution in [3.05, 3.63) is 35.9 Å². The highest BCUT2D eigenvalue weighted by Gasteiger charge is 2.25. The quantitative estimate of drug-likeness (QED) is 0.546. The number of benzene rings is 1. The molecule has 0 heterocycles. The normalized spacial score (nSPS) is 12.2. The van der Waals surface area contributed by atoms with Gasteiger partial charge < -0.3 is 14.8 Å². The van der Waals surface area contributed by atoms with Crippen molar-refractivity contribution in [2.45, 2.75) is 58.8 Å². The number of hydrogen-bond donors (Lipinski definition) is 1. The highest BCUT2D eigenvalue weighted by molar-refractivity contribution is 8.13. The topological polar surface area (TPSA) is 81.7 Å². The molecule has 0 radical (unpaired) electrons. The Hall–Kier alpha value is -2.02. The molecule has 26 heavy (non-hydrogen) atoms. The van der Waals surface area contributed by atoms with Crippen LogP contribution in [-0.4, -0.2) is 34.6 Å². The Labute approximate surface area is 159 Å². The summed E-state index contributed by atoms with van der Waals surface area (Å²) in [6.07, 6.45) is 0.288. The summed E-state index contributed by atoms with van der Waals surface area (Å²) in [6, 6.07) is 8.49. The molecule has 1 atom stereocenters. The molecule has 0 aliphatic carbocycles. The standard InChI is InChI=1S/C19H27NO5S/c1-14(21)26-12-8-11-16(20-18(23)25-19(2,3)4)17(22)24-13-15-9-6-5-7-10-15/h5-7,9-10,16H,8,11-13H2,1-4H3,(H,20,23)/t16-/m0/s1. The van der Waals surface area contributed by atoms with E-state index in [1.54, 1.807) is 20.8 Å². The van der Waals surface area contributed by atoms with Crippen molar-refractivity contribution in [1.82, 2.24) is 5.32 Å². The molecular weight excluding hydrogens is 354 g/mol. The maximum atomic E-state index is 12.4. The second-order valence-corrected chi connectivity index (χ2v) is 8.05. The van der Waals surface area contributed by atoms with Gasteiger partial charge in [0.15, 0.2) is 5.12 Å². The second kappa shape index (κ2) is 10.9. The minimum Gasteiger partial charge on any atom is -0.459 e. The second-order valence-electron chi connectivity index (χ2n) is 6.77. The molecule has 1 rings (SSSR count). The zero-order valence-corrected chi connectivity index (χ0v) is 16.6. The first kappa shape index (κ1) is 22.0. The maximum absolute atomic E-state index is 12.4. The molecule has 0 aliphatic heterocycles. The van der Waals surface area contributed by atoms with E-state index in [1.807, 2.05) is 30.3 Å². The lowest BCUT2D eigenvalue weighted by Gasteiger charge is -2.23. The Bertz CT molecular complexity index is 598. The molecule has 1 aromatic carbocycles. The summed E-state index contributed by atoms with van der Waals surface area (Å²) >= 11 is 1.19. The predicted octanol–water partition coefficient (Wildman–Crippen LogP) is 3.68. The van der Waals surface area contributed by atoms with Crippen LogP contribution in [0.1, 0.15) is 46.1 Å². The van der Waals surface area contributed by atoms with E-state index < -0.39 is 23.7 Å². The van der Waals surface area contributed by atoms with E-state index in [4.69, 9.17) is 9.47 Å². The molecule has 6 nitrogen and oxygen atoms in total. The van der Waals surface area contributed by atoms with Crippen LogP contribution in [0.25, 0.3) is 0 Å². The summed E-state index contributed by atoms with van der Waals surface area (Å²) in [6.45, 7) is 6.88. The van der Waals surface area contributed by atoms with Gasteiger partial charge in [-0.25, -0.2) is 9.59 Å². The first-order chi connectivity index (χ1) is 12.2. The van der Waals surface area contributed by atoms with Gasteiger partial charge in [-0.2, -0.15) is 0 Å². The van der Waals surface area contributed by atoms with Gasteiger partial charge in [-0.3, -0.25) is 4.79 Å². The predicted molar refractivity (Wildman–Crippen MR) is 102 cm³/mol. The van der Waals surface area contributed by atoms with E-state index in [0.29, 0.717) is 18.6 Å². The average Bonchev–Trinajstić information content (AvgIpc) is 2.54. The number of carbonyl (C=O) groups excluding carboxylic acids is 3. The summed E-state index contributed by atoms with van der Waals surface area (Å²) in [7, 11) is 0. The average molecular weight is 381 g/mol. The lowest BCUT2D eigenvalue weighted by Crippen LogP contribution is -2.44. The van der Waals surface area contributed by atoms with Crippen LogP contribution in [0.2, 0.25) is 0 Å². The SMILES string of the molecule is CC(=O)SCCC[C@H](NC(=O)OC(C)(C)C)C(=O)OCc1ccccc1. The molecule has 0 aliphatic rings. The summed E-state index contributed by atoms with van der Waals surface area (Å²) < 4.78 is 10.5. The number of amides is 1. The monoisotopic (exact) mass is 381 g/mol. The van der Waals surface area contributed by atoms with Crippen molar-refractivity contribution >= 4 is 28.9 Å². The smallest absolute Gasteiger partial charge is 0.408 e. The summed E-state index contributed by atoms with van der Waals surface area (Å²) in [5.74, 6) is 0.0564. The van der Waals surface area contributed by atoms with Crippen molar-refractivity contribution in [2.24, 2.45) is 0 Å². The van der Waals surface area contributed by atoms with E-state index in [-0.39, 0.29) is 11.7 Å². The molecule has 0 bridgehead atoms. The fourth-order valence-corrected chi connectivity index (χ4v) is 2.63. The van der Waals surface area contributed by atoms with Crippen LogP contribution in [0.4, 0.5) is 4.79 Å². The zero-order chi connectivity index (χ0) is 19.6. The highest BCUT2D eigenvalue weighted by Crippen LogP contribution is 2.12. The van der Waals surface area contributed by atoms with Gasteiger partial charge in [-0.1, -0.05) is 42.1 Å². The van der Waals surface area contributed by atoms with E-state index in [9.17, 15) is 14.4 Å². The van der Waals surface area contributed by atoms with Gasteiger partial charge in [0, 0.05) is 12.7 Å². The lowest BCUT2D eigenvalue weighted by atomic mass is 10.1. The number of hydrogen-bond acceptors (Lipinski definition) is 6. The van der Waals surface area contributed by atoms with Crippen molar-refractivity contribution in [3.8, 4) is 0 Å². The molecule has 0 aromatic heterocycles. The van der Waals surface area contributed by atoms with Gasteiger partial charge in [0.1, 0.15) is 18.2 Å². The Morgan fingerprint density at radius 2 is 1.81 bits per heavy atom. The van der Waals surface area contributed by atoms with Gasteiger partial charge in [0.2, 0.25) is 0 Å². The summed E-state index contributed by atoms with van der Waals surface area (Å²) in [5.41, 5.74) is 0.205. The van der Waals surface area contributed by atoms with Gasteiger partial charge in [0.25, 0.3) is 0 Å². The molecule has 1 amide bonds. The molecule has 144 valence electrons. The van der Waals surface area contributed by atoms with Crippen LogP contribution in [0.3, 0.4) is 0 Å². The maximum Gasteiger partial charge on any atom is 0.408 e. The van der Waals surface area contributed by atoms with E-state index in [2.05, 4.69) is 5.32 Å². The first-order valence-corrected chi connectivity index (χ1v) is 9.49. The molecular formula is C19H27NO5S. The minimum absolute atomic E-state index is 0.0216.